The van der Waals surface area contributed by atoms with E-state index in [2.05, 4.69) is 4.98 Å². The minimum Gasteiger partial charge on any atom is -0.505 e. The molecule has 110 valence electrons. The second-order valence-corrected chi connectivity index (χ2v) is 5.60. The summed E-state index contributed by atoms with van der Waals surface area (Å²) >= 11 is 0. The van der Waals surface area contributed by atoms with Crippen molar-refractivity contribution < 1.29 is 18.4 Å². The monoisotopic (exact) mass is 311 g/mol. The van der Waals surface area contributed by atoms with Crippen LogP contribution in [0.3, 0.4) is 0 Å². The second kappa shape index (κ2) is 5.25. The Morgan fingerprint density at radius 2 is 1.95 bits per heavy atom. The molecule has 0 saturated heterocycles. The van der Waals surface area contributed by atoms with Crippen LogP contribution in [0.25, 0.3) is 0 Å². The Bertz CT molecular complexity index is 838. The van der Waals surface area contributed by atoms with Gasteiger partial charge in [-0.3, -0.25) is 19.6 Å². The first-order valence-electron chi connectivity index (χ1n) is 5.49. The van der Waals surface area contributed by atoms with Crippen LogP contribution in [-0.2, 0) is 10.0 Å². The number of hydrogen-bond acceptors (Lipinski definition) is 6. The highest BCUT2D eigenvalue weighted by molar-refractivity contribution is 7.92. The first-order chi connectivity index (χ1) is 9.81. The van der Waals surface area contributed by atoms with Gasteiger partial charge in [0.2, 0.25) is 5.56 Å². The number of hydrogen-bond donors (Lipinski definition) is 3. The fraction of sp³-hybridized carbons (Fsp3) is 0. The fourth-order valence-corrected chi connectivity index (χ4v) is 2.60. The maximum atomic E-state index is 12.1. The minimum absolute atomic E-state index is 0.306. The van der Waals surface area contributed by atoms with E-state index in [0.29, 0.717) is 0 Å². The zero-order valence-electron chi connectivity index (χ0n) is 10.3. The third-order valence-corrected chi connectivity index (χ3v) is 3.87. The highest BCUT2D eigenvalue weighted by atomic mass is 32.2. The van der Waals surface area contributed by atoms with Gasteiger partial charge in [0.05, 0.1) is 4.92 Å². The summed E-state index contributed by atoms with van der Waals surface area (Å²) in [5, 5.41) is 20.5. The van der Waals surface area contributed by atoms with E-state index in [4.69, 9.17) is 0 Å². The van der Waals surface area contributed by atoms with Gasteiger partial charge in [0, 0.05) is 18.3 Å². The highest BCUT2D eigenvalue weighted by Crippen LogP contribution is 2.34. The Balaban J connectivity index is 2.49. The van der Waals surface area contributed by atoms with E-state index in [1.54, 1.807) is 0 Å². The lowest BCUT2D eigenvalue weighted by Crippen LogP contribution is -2.16. The van der Waals surface area contributed by atoms with E-state index in [0.717, 1.165) is 30.5 Å². The number of aromatic nitrogens is 1. The van der Waals surface area contributed by atoms with Crippen LogP contribution in [0.1, 0.15) is 0 Å². The number of para-hydroxylation sites is 1. The minimum atomic E-state index is -4.19. The number of pyridine rings is 1. The second-order valence-electron chi connectivity index (χ2n) is 3.92. The normalized spacial score (nSPS) is 11.0. The number of anilines is 1. The van der Waals surface area contributed by atoms with Gasteiger partial charge in [0.25, 0.3) is 15.7 Å². The molecule has 0 unspecified atom stereocenters. The Kier molecular flexibility index (Phi) is 3.63. The lowest BCUT2D eigenvalue weighted by molar-refractivity contribution is -0.383. The third-order valence-electron chi connectivity index (χ3n) is 2.52. The molecule has 0 saturated carbocycles. The van der Waals surface area contributed by atoms with Crippen molar-refractivity contribution in [2.24, 2.45) is 0 Å². The molecule has 1 heterocycles. The summed E-state index contributed by atoms with van der Waals surface area (Å²) in [6.45, 7) is 0. The van der Waals surface area contributed by atoms with Crippen molar-refractivity contribution in [2.75, 3.05) is 4.72 Å². The smallest absolute Gasteiger partial charge is 0.297 e. The number of nitrogens with zero attached hydrogens (tertiary/aromatic N) is 1. The molecule has 3 N–H and O–H groups in total. The van der Waals surface area contributed by atoms with E-state index in [1.807, 2.05) is 4.72 Å². The van der Waals surface area contributed by atoms with Gasteiger partial charge in [-0.05, 0) is 12.1 Å². The van der Waals surface area contributed by atoms with Crippen molar-refractivity contribution in [3.63, 3.8) is 0 Å². The van der Waals surface area contributed by atoms with Crippen LogP contribution in [0.5, 0.6) is 5.75 Å². The molecular weight excluding hydrogens is 302 g/mol. The van der Waals surface area contributed by atoms with Crippen molar-refractivity contribution in [3.05, 3.63) is 57.0 Å². The Morgan fingerprint density at radius 1 is 1.24 bits per heavy atom. The van der Waals surface area contributed by atoms with Crippen molar-refractivity contribution >= 4 is 21.4 Å². The molecule has 0 spiro atoms. The van der Waals surface area contributed by atoms with Gasteiger partial charge in [-0.25, -0.2) is 8.42 Å². The molecule has 2 rings (SSSR count). The van der Waals surface area contributed by atoms with E-state index >= 15 is 0 Å². The Hall–Kier alpha value is -2.88. The first-order valence-corrected chi connectivity index (χ1v) is 6.97. The number of phenolic OH excluding ortho intramolecular Hbond substituents is 1. The zero-order valence-corrected chi connectivity index (χ0v) is 11.1. The molecule has 0 aliphatic carbocycles. The van der Waals surface area contributed by atoms with Crippen LogP contribution in [0.2, 0.25) is 0 Å². The van der Waals surface area contributed by atoms with E-state index in [9.17, 15) is 28.4 Å². The molecule has 21 heavy (non-hydrogen) atoms. The SMILES string of the molecule is O=c1ccc(S(=O)(=O)Nc2c(O)cccc2[N+](=O)[O-])c[nH]1. The zero-order chi connectivity index (χ0) is 15.6. The van der Waals surface area contributed by atoms with Crippen LogP contribution in [0.4, 0.5) is 11.4 Å². The van der Waals surface area contributed by atoms with Crippen LogP contribution < -0.4 is 10.3 Å². The molecule has 0 radical (unpaired) electrons. The van der Waals surface area contributed by atoms with E-state index < -0.39 is 37.6 Å². The molecule has 2 aromatic rings. The molecule has 1 aromatic carbocycles. The molecule has 9 nitrogen and oxygen atoms in total. The summed E-state index contributed by atoms with van der Waals surface area (Å²) in [6, 6.07) is 5.40. The number of H-pyrrole nitrogens is 1. The molecule has 1 aromatic heterocycles. The molecule has 0 aliphatic rings. The largest absolute Gasteiger partial charge is 0.505 e. The van der Waals surface area contributed by atoms with Gasteiger partial charge >= 0.3 is 0 Å². The van der Waals surface area contributed by atoms with Gasteiger partial charge in [0.1, 0.15) is 10.6 Å². The quantitative estimate of drug-likeness (QED) is 0.433. The van der Waals surface area contributed by atoms with Gasteiger partial charge in [-0.2, -0.15) is 0 Å². The number of nitro groups is 1. The van der Waals surface area contributed by atoms with Crippen molar-refractivity contribution in [1.82, 2.24) is 4.98 Å². The van der Waals surface area contributed by atoms with Gasteiger partial charge in [-0.1, -0.05) is 6.07 Å². The summed E-state index contributed by atoms with van der Waals surface area (Å²) in [4.78, 5) is 22.8. The number of aromatic amines is 1. The number of phenols is 1. The summed E-state index contributed by atoms with van der Waals surface area (Å²) in [6.07, 6.45) is 0.941. The molecule has 0 fully saturated rings. The summed E-state index contributed by atoms with van der Waals surface area (Å²) < 4.78 is 26.1. The predicted octanol–water partition coefficient (Wildman–Crippen LogP) is 0.789. The number of nitro benzene ring substituents is 1. The number of sulfonamides is 1. The summed E-state index contributed by atoms with van der Waals surface area (Å²) in [5.74, 6) is -0.586. The lowest BCUT2D eigenvalue weighted by Gasteiger charge is -2.09. The molecule has 10 heteroatoms. The standard InChI is InChI=1S/C11H9N3O6S/c15-9-3-1-2-8(14(17)18)11(9)13-21(19,20)7-4-5-10(16)12-6-7/h1-6,13,15H,(H,12,16). The molecular formula is C11H9N3O6S. The van der Waals surface area contributed by atoms with Crippen LogP contribution >= 0.6 is 0 Å². The third kappa shape index (κ3) is 3.00. The van der Waals surface area contributed by atoms with Crippen molar-refractivity contribution in [3.8, 4) is 5.75 Å². The first kappa shape index (κ1) is 14.5. The molecule has 0 atom stereocenters. The average molecular weight is 311 g/mol. The summed E-state index contributed by atoms with van der Waals surface area (Å²) in [5.41, 5.74) is -1.64. The predicted molar refractivity (Wildman–Crippen MR) is 72.6 cm³/mol. The van der Waals surface area contributed by atoms with E-state index in [-0.39, 0.29) is 4.90 Å². The van der Waals surface area contributed by atoms with Gasteiger partial charge in [-0.15, -0.1) is 0 Å². The highest BCUT2D eigenvalue weighted by Gasteiger charge is 2.23. The fourth-order valence-electron chi connectivity index (χ4n) is 1.54. The lowest BCUT2D eigenvalue weighted by atomic mass is 10.2. The molecule has 0 bridgehead atoms. The van der Waals surface area contributed by atoms with Gasteiger partial charge in [0.15, 0.2) is 5.69 Å². The Labute approximate surface area is 118 Å². The molecule has 0 aliphatic heterocycles. The van der Waals surface area contributed by atoms with Crippen LogP contribution in [0, 0.1) is 10.1 Å². The average Bonchev–Trinajstić information content (AvgIpc) is 2.41. The molecule has 0 amide bonds. The van der Waals surface area contributed by atoms with Crippen LogP contribution in [0.15, 0.2) is 46.2 Å². The topological polar surface area (TPSA) is 142 Å². The van der Waals surface area contributed by atoms with Gasteiger partial charge < -0.3 is 10.1 Å². The number of rotatable bonds is 4. The Morgan fingerprint density at radius 3 is 2.52 bits per heavy atom. The number of nitrogens with one attached hydrogen (secondary N) is 2. The maximum absolute atomic E-state index is 12.1. The van der Waals surface area contributed by atoms with E-state index in [1.165, 1.54) is 6.07 Å². The van der Waals surface area contributed by atoms with Crippen molar-refractivity contribution in [1.29, 1.82) is 0 Å². The van der Waals surface area contributed by atoms with Crippen LogP contribution in [-0.4, -0.2) is 23.4 Å². The number of aromatic hydroxyl groups is 1. The maximum Gasteiger partial charge on any atom is 0.297 e. The van der Waals surface area contributed by atoms with Crippen molar-refractivity contribution in [2.45, 2.75) is 4.90 Å². The number of benzene rings is 1. The summed E-state index contributed by atoms with van der Waals surface area (Å²) in [7, 11) is -4.19.